The van der Waals surface area contributed by atoms with Crippen molar-refractivity contribution in [3.05, 3.63) is 71.1 Å². The molecule has 3 heterocycles. The molecule has 0 unspecified atom stereocenters. The summed E-state index contributed by atoms with van der Waals surface area (Å²) in [6.45, 7) is 17.1. The van der Waals surface area contributed by atoms with Crippen LogP contribution in [-0.4, -0.2) is 49.9 Å². The lowest BCUT2D eigenvalue weighted by Gasteiger charge is -2.36. The van der Waals surface area contributed by atoms with Crippen LogP contribution in [0, 0.1) is 16.7 Å². The zero-order valence-corrected chi connectivity index (χ0v) is 25.9. The van der Waals surface area contributed by atoms with Crippen molar-refractivity contribution in [3.8, 4) is 16.7 Å². The molecule has 220 valence electrons. The van der Waals surface area contributed by atoms with Crippen molar-refractivity contribution in [1.29, 1.82) is 5.26 Å². The van der Waals surface area contributed by atoms with Gasteiger partial charge in [0.05, 0.1) is 32.5 Å². The average molecular weight is 588 g/mol. The number of thiophene rings is 1. The molecule has 11 heteroatoms. The number of likely N-dealkylation sites (N-methyl/N-ethyl adjacent to an activating group) is 1. The van der Waals surface area contributed by atoms with E-state index >= 15 is 0 Å². The number of nitriles is 1. The summed E-state index contributed by atoms with van der Waals surface area (Å²) in [4.78, 5) is 40.6. The summed E-state index contributed by atoms with van der Waals surface area (Å²) in [7, 11) is 1.64. The predicted molar refractivity (Wildman–Crippen MR) is 163 cm³/mol. The number of imidazole rings is 1. The van der Waals surface area contributed by atoms with E-state index < -0.39 is 17.4 Å². The number of oxazole rings is 1. The van der Waals surface area contributed by atoms with Crippen LogP contribution >= 0.6 is 11.3 Å². The van der Waals surface area contributed by atoms with Crippen LogP contribution in [0.5, 0.6) is 0 Å². The number of aromatic nitrogens is 3. The second-order valence-electron chi connectivity index (χ2n) is 12.1. The maximum Gasteiger partial charge on any atom is 0.290 e. The molecule has 4 aromatic rings. The molecule has 0 bridgehead atoms. The minimum Gasteiger partial charge on any atom is -0.443 e. The largest absolute Gasteiger partial charge is 0.443 e. The minimum absolute atomic E-state index is 0.118. The summed E-state index contributed by atoms with van der Waals surface area (Å²) >= 11 is 1.27. The van der Waals surface area contributed by atoms with E-state index in [-0.39, 0.29) is 11.0 Å². The second-order valence-corrected chi connectivity index (χ2v) is 13.2. The van der Waals surface area contributed by atoms with Gasteiger partial charge in [-0.2, -0.15) is 10.3 Å². The molecule has 0 saturated carbocycles. The summed E-state index contributed by atoms with van der Waals surface area (Å²) in [5, 5.41) is 12.8. The highest BCUT2D eigenvalue weighted by Crippen LogP contribution is 2.28. The van der Waals surface area contributed by atoms with E-state index in [2.05, 4.69) is 54.6 Å². The van der Waals surface area contributed by atoms with Crippen molar-refractivity contribution < 1.29 is 14.0 Å². The molecule has 2 N–H and O–H groups in total. The number of hydrogen-bond donors (Lipinski definition) is 2. The van der Waals surface area contributed by atoms with Gasteiger partial charge in [-0.1, -0.05) is 33.4 Å². The molecule has 0 aliphatic heterocycles. The number of carbonyl (C=O) groups is 2. The molecule has 2 amide bonds. The van der Waals surface area contributed by atoms with Gasteiger partial charge in [0.25, 0.3) is 11.8 Å². The highest BCUT2D eigenvalue weighted by molar-refractivity contribution is 7.17. The number of rotatable bonds is 9. The summed E-state index contributed by atoms with van der Waals surface area (Å²) < 4.78 is 7.25. The van der Waals surface area contributed by atoms with Crippen molar-refractivity contribution in [3.63, 3.8) is 0 Å². The van der Waals surface area contributed by atoms with Gasteiger partial charge in [-0.25, -0.2) is 4.98 Å². The third-order valence-electron chi connectivity index (χ3n) is 7.62. The van der Waals surface area contributed by atoms with Gasteiger partial charge in [-0.15, -0.1) is 11.3 Å². The van der Waals surface area contributed by atoms with Crippen LogP contribution in [0.3, 0.4) is 0 Å². The molecule has 0 spiro atoms. The van der Waals surface area contributed by atoms with Crippen molar-refractivity contribution in [2.24, 2.45) is 10.4 Å². The van der Waals surface area contributed by atoms with E-state index in [9.17, 15) is 14.9 Å². The maximum absolute atomic E-state index is 13.3. The molecule has 3 aromatic heterocycles. The highest BCUT2D eigenvalue weighted by Gasteiger charge is 2.30. The van der Waals surface area contributed by atoms with Gasteiger partial charge < -0.3 is 24.2 Å². The van der Waals surface area contributed by atoms with E-state index in [0.29, 0.717) is 35.4 Å². The lowest BCUT2D eigenvalue weighted by Crippen LogP contribution is -2.49. The molecule has 4 rings (SSSR count). The minimum atomic E-state index is -0.755. The van der Waals surface area contributed by atoms with Crippen LogP contribution in [0.25, 0.3) is 21.7 Å². The molecule has 0 saturated heterocycles. The third-order valence-corrected chi connectivity index (χ3v) is 8.70. The highest BCUT2D eigenvalue weighted by atomic mass is 32.1. The Hall–Kier alpha value is -4.27. The molecule has 0 fully saturated rings. The van der Waals surface area contributed by atoms with Crippen LogP contribution in [0.15, 0.2) is 64.5 Å². The maximum atomic E-state index is 13.3. The number of nitrogens with one attached hydrogen (secondary N) is 2. The smallest absolute Gasteiger partial charge is 0.290 e. The lowest BCUT2D eigenvalue weighted by atomic mass is 9.88. The fourth-order valence-corrected chi connectivity index (χ4v) is 5.09. The van der Waals surface area contributed by atoms with Gasteiger partial charge in [0.15, 0.2) is 12.2 Å². The predicted octanol–water partition coefficient (Wildman–Crippen LogP) is 5.27. The Bertz CT molecular complexity index is 1730. The fraction of sp³-hybridized carbons (Fsp3) is 0.387. The van der Waals surface area contributed by atoms with Crippen LogP contribution < -0.4 is 10.9 Å². The zero-order chi connectivity index (χ0) is 30.8. The Morgan fingerprint density at radius 3 is 2.64 bits per heavy atom. The molecule has 42 heavy (non-hydrogen) atoms. The van der Waals surface area contributed by atoms with Gasteiger partial charge in [-0.3, -0.25) is 9.59 Å². The normalized spacial score (nSPS) is 13.2. The van der Waals surface area contributed by atoms with Crippen molar-refractivity contribution in [1.82, 2.24) is 24.8 Å². The van der Waals surface area contributed by atoms with Crippen LogP contribution in [-0.2, 0) is 17.9 Å². The SMILES string of the molecule is C=C(C#N)C(=O)N(C)C(C)(C)Cn1/c(=N/C(=O)c2ccc(-c3cnco3)s2)[nH]c2cc(CN[C@@H](C)C(C)(C)C)ccc21. The summed E-state index contributed by atoms with van der Waals surface area (Å²) in [6, 6.07) is 11.7. The monoisotopic (exact) mass is 587 g/mol. The zero-order valence-electron chi connectivity index (χ0n) is 25.1. The number of hydrogen-bond acceptors (Lipinski definition) is 7. The molecular formula is C31H37N7O3S. The molecule has 10 nitrogen and oxygen atoms in total. The standard InChI is InChI=1S/C31H37N7O3S/c1-19(14-32)28(40)37(8)31(6,7)17-38-23-10-9-21(15-34-20(2)30(3,4)5)13-22(23)35-29(38)36-27(39)26-12-11-25(42-26)24-16-33-18-41-24/h9-13,16,18,20,34H,1,15,17H2,2-8H3,(H,35,36,39)/t20-/m0/s1. The Balaban J connectivity index is 1.74. The first-order chi connectivity index (χ1) is 19.7. The van der Waals surface area contributed by atoms with E-state index in [1.807, 2.05) is 42.7 Å². The number of nitrogens with zero attached hydrogens (tertiary/aromatic N) is 5. The summed E-state index contributed by atoms with van der Waals surface area (Å²) in [6.07, 6.45) is 2.94. The van der Waals surface area contributed by atoms with Gasteiger partial charge in [0.1, 0.15) is 11.6 Å². The Morgan fingerprint density at radius 1 is 1.26 bits per heavy atom. The molecule has 1 aromatic carbocycles. The fourth-order valence-electron chi connectivity index (χ4n) is 4.25. The Kier molecular flexibility index (Phi) is 8.71. The van der Waals surface area contributed by atoms with Crippen molar-refractivity contribution >= 4 is 34.2 Å². The van der Waals surface area contributed by atoms with Gasteiger partial charge in [0.2, 0.25) is 5.62 Å². The van der Waals surface area contributed by atoms with E-state index in [0.717, 1.165) is 21.5 Å². The molecule has 0 aliphatic carbocycles. The third kappa shape index (κ3) is 6.61. The van der Waals surface area contributed by atoms with Crippen LogP contribution in [0.2, 0.25) is 0 Å². The van der Waals surface area contributed by atoms with Gasteiger partial charge in [-0.05, 0) is 56.0 Å². The summed E-state index contributed by atoms with van der Waals surface area (Å²) in [5.74, 6) is -0.292. The Labute approximate surface area is 249 Å². The topological polar surface area (TPSA) is 132 Å². The van der Waals surface area contributed by atoms with Gasteiger partial charge in [0, 0.05) is 26.2 Å². The average Bonchev–Trinajstić information content (AvgIpc) is 3.70. The number of amides is 2. The first-order valence-corrected chi connectivity index (χ1v) is 14.4. The first kappa shape index (κ1) is 30.7. The number of fused-ring (bicyclic) bond motifs is 1. The van der Waals surface area contributed by atoms with Crippen LogP contribution in [0.1, 0.15) is 56.8 Å². The quantitative estimate of drug-likeness (QED) is 0.203. The molecular weight excluding hydrogens is 550 g/mol. The molecule has 0 radical (unpaired) electrons. The molecule has 1 atom stereocenters. The number of carbonyl (C=O) groups excluding carboxylic acids is 2. The summed E-state index contributed by atoms with van der Waals surface area (Å²) in [5.41, 5.74) is 2.29. The van der Waals surface area contributed by atoms with Crippen molar-refractivity contribution in [2.45, 2.75) is 66.2 Å². The number of benzene rings is 1. The van der Waals surface area contributed by atoms with Crippen molar-refractivity contribution in [2.75, 3.05) is 7.05 Å². The number of aromatic amines is 1. The van der Waals surface area contributed by atoms with E-state index in [4.69, 9.17) is 4.42 Å². The van der Waals surface area contributed by atoms with E-state index in [1.54, 1.807) is 25.4 Å². The second kappa shape index (κ2) is 11.9. The van der Waals surface area contributed by atoms with E-state index in [1.165, 1.54) is 22.6 Å². The van der Waals surface area contributed by atoms with Crippen LogP contribution in [0.4, 0.5) is 0 Å². The Morgan fingerprint density at radius 2 is 2.00 bits per heavy atom. The number of H-pyrrole nitrogens is 1. The van der Waals surface area contributed by atoms with Gasteiger partial charge >= 0.3 is 0 Å². The first-order valence-electron chi connectivity index (χ1n) is 13.6. The lowest BCUT2D eigenvalue weighted by molar-refractivity contribution is -0.130. The molecule has 0 aliphatic rings.